The van der Waals surface area contributed by atoms with Crippen molar-refractivity contribution in [2.24, 2.45) is 0 Å². The van der Waals surface area contributed by atoms with Crippen LogP contribution in [-0.4, -0.2) is 115 Å². The van der Waals surface area contributed by atoms with Gasteiger partial charge in [-0.15, -0.1) is 10.2 Å². The second kappa shape index (κ2) is 21.1. The molecule has 65 heavy (non-hydrogen) atoms. The van der Waals surface area contributed by atoms with Crippen LogP contribution in [0.1, 0.15) is 50.3 Å². The molecule has 2 heterocycles. The summed E-state index contributed by atoms with van der Waals surface area (Å²) in [6.07, 6.45) is -0.385. The van der Waals surface area contributed by atoms with Crippen molar-refractivity contribution in [2.45, 2.75) is 73.9 Å². The second-order valence-electron chi connectivity index (χ2n) is 16.1. The summed E-state index contributed by atoms with van der Waals surface area (Å²) in [4.78, 5) is 14.3. The molecule has 0 radical (unpaired) electrons. The third-order valence-electron chi connectivity index (χ3n) is 10.4. The molecule has 0 bridgehead atoms. The van der Waals surface area contributed by atoms with Crippen LogP contribution in [0.15, 0.2) is 94.7 Å². The van der Waals surface area contributed by atoms with Gasteiger partial charge in [0, 0.05) is 45.0 Å². The summed E-state index contributed by atoms with van der Waals surface area (Å²) in [7, 11) is -4.00. The van der Waals surface area contributed by atoms with Crippen molar-refractivity contribution in [3.05, 3.63) is 102 Å². The summed E-state index contributed by atoms with van der Waals surface area (Å²) in [5, 5.41) is 15.0. The number of rotatable bonds is 19. The zero-order valence-electron chi connectivity index (χ0n) is 37.0. The highest BCUT2D eigenvalue weighted by Crippen LogP contribution is 2.41. The van der Waals surface area contributed by atoms with E-state index in [9.17, 15) is 22.0 Å². The first-order chi connectivity index (χ1) is 30.9. The van der Waals surface area contributed by atoms with Crippen LogP contribution in [0, 0.1) is 0 Å². The van der Waals surface area contributed by atoms with Gasteiger partial charge in [-0.1, -0.05) is 36.4 Å². The molecule has 1 aromatic heterocycles. The van der Waals surface area contributed by atoms with E-state index in [1.807, 2.05) is 17.0 Å². The highest BCUT2D eigenvalue weighted by molar-refractivity contribution is 7.90. The summed E-state index contributed by atoms with van der Waals surface area (Å²) >= 11 is -2.83. The average molecular weight is 955 g/mol. The van der Waals surface area contributed by atoms with Crippen molar-refractivity contribution in [3.63, 3.8) is 0 Å². The summed E-state index contributed by atoms with van der Waals surface area (Å²) in [5.74, 6) is 1.64. The minimum Gasteiger partial charge on any atom is -0.497 e. The maximum Gasteiger partial charge on any atom is 0.407 e. The van der Waals surface area contributed by atoms with E-state index in [1.165, 1.54) is 35.5 Å². The fourth-order valence-corrected chi connectivity index (χ4v) is 11.3. The number of sulfonamides is 2. The number of alkyl carbamates (subject to hydrolysis) is 1. The van der Waals surface area contributed by atoms with Crippen LogP contribution in [0.4, 0.5) is 10.5 Å². The van der Waals surface area contributed by atoms with Gasteiger partial charge < -0.3 is 33.7 Å². The number of nitrogens with zero attached hydrogens (tertiary/aromatic N) is 6. The fourth-order valence-electron chi connectivity index (χ4n) is 7.15. The zero-order chi connectivity index (χ0) is 46.9. The quantitative estimate of drug-likeness (QED) is 0.0745. The Morgan fingerprint density at radius 1 is 0.800 bits per heavy atom. The highest BCUT2D eigenvalue weighted by atomic mass is 32.2. The first kappa shape index (κ1) is 48.8. The van der Waals surface area contributed by atoms with Gasteiger partial charge in [0.05, 0.1) is 43.6 Å². The number of ether oxygens (including phenoxy) is 4. The van der Waals surface area contributed by atoms with Crippen molar-refractivity contribution in [1.29, 1.82) is 0 Å². The minimum atomic E-state index is -4.75. The fraction of sp³-hybridized carbons (Fsp3) is 0.395. The Hall–Kier alpha value is -5.65. The molecule has 1 amide bonds. The molecular formula is C43H54N8O11S3. The number of methoxy groups -OCH3 is 3. The molecule has 1 fully saturated rings. The number of nitrogens with one attached hydrogen (secondary N) is 2. The summed E-state index contributed by atoms with van der Waals surface area (Å²) in [6.45, 7) is 5.25. The van der Waals surface area contributed by atoms with Crippen molar-refractivity contribution < 1.29 is 49.3 Å². The summed E-state index contributed by atoms with van der Waals surface area (Å²) < 4.78 is 107. The molecule has 3 N–H and O–H groups in total. The summed E-state index contributed by atoms with van der Waals surface area (Å²) in [6, 6.07) is 23.7. The Morgan fingerprint density at radius 2 is 1.32 bits per heavy atom. The van der Waals surface area contributed by atoms with E-state index in [0.717, 1.165) is 5.56 Å². The topological polar surface area (TPSA) is 234 Å². The van der Waals surface area contributed by atoms with Crippen molar-refractivity contribution >= 4 is 42.9 Å². The van der Waals surface area contributed by atoms with Crippen LogP contribution < -0.4 is 29.1 Å². The van der Waals surface area contributed by atoms with Crippen molar-refractivity contribution in [1.82, 2.24) is 34.6 Å². The van der Waals surface area contributed by atoms with E-state index in [2.05, 4.69) is 25.4 Å². The molecule has 5 aromatic rings. The molecule has 19 nitrogen and oxygen atoms in total. The van der Waals surface area contributed by atoms with E-state index in [1.54, 1.807) is 88.5 Å². The highest BCUT2D eigenvalue weighted by Gasteiger charge is 2.38. The van der Waals surface area contributed by atoms with Gasteiger partial charge in [0.2, 0.25) is 25.9 Å². The average Bonchev–Trinajstić information content (AvgIpc) is 3.75. The monoisotopic (exact) mass is 954 g/mol. The Bertz CT molecular complexity index is 2600. The van der Waals surface area contributed by atoms with Gasteiger partial charge in [-0.25, -0.2) is 30.6 Å². The molecule has 6 rings (SSSR count). The molecule has 350 valence electrons. The van der Waals surface area contributed by atoms with E-state index < -0.39 is 57.9 Å². The number of hydrogen-bond donors (Lipinski definition) is 3. The Kier molecular flexibility index (Phi) is 15.8. The van der Waals surface area contributed by atoms with Crippen molar-refractivity contribution in [2.75, 3.05) is 52.4 Å². The van der Waals surface area contributed by atoms with Crippen LogP contribution in [0.3, 0.4) is 0 Å². The third kappa shape index (κ3) is 12.6. The zero-order valence-corrected chi connectivity index (χ0v) is 39.4. The summed E-state index contributed by atoms with van der Waals surface area (Å²) in [5.41, 5.74) is 1.50. The lowest BCUT2D eigenvalue weighted by molar-refractivity contribution is 0.0528. The number of tetrazole rings is 1. The SMILES string of the molecule is COc1ccc(CN(Cc2ccc(OC)cc2)S(=O)(=O)c2c(S(=O)O)ccc(N3CCC(S(=O)(=O)NCCNC(=O)OC(C)(C)C)CC3)c2-c2nnn(Cc3ccc(OC)cc3)n2)cc1. The second-order valence-corrected chi connectivity index (χ2v) is 20.9. The maximum atomic E-state index is 15.5. The number of anilines is 1. The van der Waals surface area contributed by atoms with Gasteiger partial charge in [-0.2, -0.15) is 9.10 Å². The largest absolute Gasteiger partial charge is 0.497 e. The van der Waals surface area contributed by atoms with Crippen LogP contribution >= 0.6 is 0 Å². The molecule has 1 atom stereocenters. The number of amides is 1. The van der Waals surface area contributed by atoms with E-state index in [0.29, 0.717) is 34.1 Å². The number of piperidine rings is 1. The number of aromatic nitrogens is 4. The predicted octanol–water partition coefficient (Wildman–Crippen LogP) is 4.80. The minimum absolute atomic E-state index is 0.00622. The van der Waals surface area contributed by atoms with Gasteiger partial charge in [0.1, 0.15) is 27.7 Å². The first-order valence-corrected chi connectivity index (χ1v) is 24.7. The van der Waals surface area contributed by atoms with Crippen molar-refractivity contribution in [3.8, 4) is 28.6 Å². The molecule has 1 aliphatic rings. The number of benzene rings is 4. The third-order valence-corrected chi connectivity index (χ3v) is 15.1. The van der Waals surface area contributed by atoms with Gasteiger partial charge >= 0.3 is 6.09 Å². The Labute approximate surface area is 381 Å². The number of hydrogen-bond acceptors (Lipinski definition) is 14. The number of carbonyl (C=O) groups excluding carboxylic acids is 1. The van der Waals surface area contributed by atoms with E-state index >= 15 is 8.42 Å². The molecule has 1 aliphatic heterocycles. The molecular weight excluding hydrogens is 901 g/mol. The predicted molar refractivity (Wildman–Crippen MR) is 243 cm³/mol. The lowest BCUT2D eigenvalue weighted by Gasteiger charge is -2.35. The van der Waals surface area contributed by atoms with Crippen LogP contribution in [-0.2, 0) is 55.5 Å². The van der Waals surface area contributed by atoms with Crippen LogP contribution in [0.5, 0.6) is 17.2 Å². The molecule has 0 aliphatic carbocycles. The van der Waals surface area contributed by atoms with Crippen LogP contribution in [0.2, 0.25) is 0 Å². The standard InChI is InChI=1S/C43H54N8O11S3/c1-43(2,3)62-42(52)44-23-24-45-64(55,56)36-21-25-49(26-22-36)37-19-20-38(63(53)54)40(39(37)41-46-48-51(47-41)29-32-11-17-35(61-6)18-12-32)65(57,58)50(27-30-7-13-33(59-4)14-8-30)28-31-9-15-34(60-5)16-10-31/h7-20,36,45H,21-29H2,1-6H3,(H,44,52)(H,53,54). The Balaban J connectivity index is 1.39. The van der Waals surface area contributed by atoms with Gasteiger partial charge in [-0.3, -0.25) is 0 Å². The molecule has 0 spiro atoms. The van der Waals surface area contributed by atoms with Gasteiger partial charge in [0.25, 0.3) is 0 Å². The first-order valence-electron chi connectivity index (χ1n) is 20.6. The van der Waals surface area contributed by atoms with Crippen LogP contribution in [0.25, 0.3) is 11.4 Å². The van der Waals surface area contributed by atoms with Gasteiger partial charge in [0.15, 0.2) is 11.1 Å². The van der Waals surface area contributed by atoms with Gasteiger partial charge in [-0.05, 0) is 104 Å². The molecule has 22 heteroatoms. The molecule has 1 saturated heterocycles. The Morgan fingerprint density at radius 3 is 1.82 bits per heavy atom. The molecule has 1 unspecified atom stereocenters. The lowest BCUT2D eigenvalue weighted by Crippen LogP contribution is -2.45. The molecule has 4 aromatic carbocycles. The normalized spacial score (nSPS) is 14.2. The van der Waals surface area contributed by atoms with E-state index in [-0.39, 0.29) is 70.0 Å². The smallest absolute Gasteiger partial charge is 0.407 e. The number of carbonyl (C=O) groups is 1. The lowest BCUT2D eigenvalue weighted by atomic mass is 10.1. The molecule has 0 saturated carbocycles. The maximum absolute atomic E-state index is 15.5. The van der Waals surface area contributed by atoms with E-state index in [4.69, 9.17) is 18.9 Å².